The highest BCUT2D eigenvalue weighted by Gasteiger charge is 2.31. The van der Waals surface area contributed by atoms with Gasteiger partial charge in [0.15, 0.2) is 9.84 Å². The van der Waals surface area contributed by atoms with E-state index in [0.717, 1.165) is 0 Å². The van der Waals surface area contributed by atoms with Crippen LogP contribution in [-0.4, -0.2) is 44.0 Å². The Labute approximate surface area is 96.0 Å². The van der Waals surface area contributed by atoms with Gasteiger partial charge in [-0.2, -0.15) is 0 Å². The van der Waals surface area contributed by atoms with E-state index in [1.165, 1.54) is 0 Å². The Morgan fingerprint density at radius 2 is 2.33 bits per heavy atom. The molecule has 1 atom stereocenters. The van der Waals surface area contributed by atoms with Gasteiger partial charge in [0.1, 0.15) is 0 Å². The van der Waals surface area contributed by atoms with Gasteiger partial charge in [0.05, 0.1) is 18.1 Å². The summed E-state index contributed by atoms with van der Waals surface area (Å²) >= 11 is 5.70. The molecule has 1 rings (SSSR count). The normalized spacial score (nSPS) is 23.9. The van der Waals surface area contributed by atoms with Gasteiger partial charge in [-0.3, -0.25) is 4.90 Å². The molecule has 0 bridgehead atoms. The third kappa shape index (κ3) is 3.86. The first kappa shape index (κ1) is 12.6. The van der Waals surface area contributed by atoms with Crippen molar-refractivity contribution in [2.24, 2.45) is 0 Å². The van der Waals surface area contributed by atoms with Crippen molar-refractivity contribution in [2.75, 3.05) is 24.6 Å². The van der Waals surface area contributed by atoms with Crippen molar-refractivity contribution < 1.29 is 8.42 Å². The van der Waals surface area contributed by atoms with Crippen LogP contribution >= 0.6 is 11.6 Å². The first-order chi connectivity index (χ1) is 6.94. The summed E-state index contributed by atoms with van der Waals surface area (Å²) in [6.45, 7) is 4.45. The monoisotopic (exact) mass is 247 g/mol. The van der Waals surface area contributed by atoms with E-state index in [1.807, 2.05) is 4.90 Å². The number of hydrogen-bond acceptors (Lipinski definition) is 3. The minimum Gasteiger partial charge on any atom is -0.283 e. The minimum atomic E-state index is -2.88. The maximum atomic E-state index is 11.3. The average molecular weight is 248 g/mol. The van der Waals surface area contributed by atoms with Crippen molar-refractivity contribution in [1.29, 1.82) is 0 Å². The third-order valence-electron chi connectivity index (χ3n) is 2.39. The summed E-state index contributed by atoms with van der Waals surface area (Å²) in [4.78, 5) is 1.89. The molecule has 1 aliphatic rings. The smallest absolute Gasteiger partial charge is 0.151 e. The molecule has 1 unspecified atom stereocenters. The SMILES string of the molecule is C#CCN(CC(=C)Cl)C1CCS(=O)(=O)C1. The Morgan fingerprint density at radius 3 is 2.73 bits per heavy atom. The van der Waals surface area contributed by atoms with E-state index in [4.69, 9.17) is 18.0 Å². The summed E-state index contributed by atoms with van der Waals surface area (Å²) in [6.07, 6.45) is 5.86. The summed E-state index contributed by atoms with van der Waals surface area (Å²) in [6, 6.07) is -0.0125. The number of hydrogen-bond donors (Lipinski definition) is 0. The van der Waals surface area contributed by atoms with Crippen molar-refractivity contribution in [1.82, 2.24) is 4.90 Å². The molecule has 0 aromatic rings. The molecular formula is C10H14ClNO2S. The maximum Gasteiger partial charge on any atom is 0.151 e. The molecule has 3 nitrogen and oxygen atoms in total. The van der Waals surface area contributed by atoms with Crippen molar-refractivity contribution in [3.63, 3.8) is 0 Å². The Kier molecular flexibility index (Phi) is 4.21. The second-order valence-electron chi connectivity index (χ2n) is 3.68. The van der Waals surface area contributed by atoms with E-state index in [-0.39, 0.29) is 17.5 Å². The van der Waals surface area contributed by atoms with E-state index in [1.54, 1.807) is 0 Å². The fourth-order valence-corrected chi connectivity index (χ4v) is 3.63. The van der Waals surface area contributed by atoms with Crippen LogP contribution in [0.1, 0.15) is 6.42 Å². The van der Waals surface area contributed by atoms with E-state index in [9.17, 15) is 8.42 Å². The van der Waals surface area contributed by atoms with Crippen LogP contribution in [0.15, 0.2) is 11.6 Å². The van der Waals surface area contributed by atoms with Crippen LogP contribution in [-0.2, 0) is 9.84 Å². The van der Waals surface area contributed by atoms with Gasteiger partial charge in [-0.1, -0.05) is 24.1 Å². The topological polar surface area (TPSA) is 37.4 Å². The molecule has 0 amide bonds. The van der Waals surface area contributed by atoms with Gasteiger partial charge in [0.2, 0.25) is 0 Å². The molecule has 0 aliphatic carbocycles. The van der Waals surface area contributed by atoms with Gasteiger partial charge in [-0.15, -0.1) is 6.42 Å². The summed E-state index contributed by atoms with van der Waals surface area (Å²) in [5, 5.41) is 0.481. The maximum absolute atomic E-state index is 11.3. The molecule has 1 saturated heterocycles. The second-order valence-corrected chi connectivity index (χ2v) is 6.45. The molecule has 0 N–H and O–H groups in total. The molecule has 0 saturated carbocycles. The van der Waals surface area contributed by atoms with Crippen LogP contribution in [0.25, 0.3) is 0 Å². The van der Waals surface area contributed by atoms with E-state index in [2.05, 4.69) is 12.5 Å². The van der Waals surface area contributed by atoms with Gasteiger partial charge in [0.25, 0.3) is 0 Å². The number of halogens is 1. The van der Waals surface area contributed by atoms with Gasteiger partial charge in [-0.25, -0.2) is 8.42 Å². The second kappa shape index (κ2) is 5.02. The summed E-state index contributed by atoms with van der Waals surface area (Å²) in [5.74, 6) is 2.93. The highest BCUT2D eigenvalue weighted by molar-refractivity contribution is 7.91. The number of rotatable bonds is 4. The molecule has 1 heterocycles. The lowest BCUT2D eigenvalue weighted by Crippen LogP contribution is -2.37. The lowest BCUT2D eigenvalue weighted by atomic mass is 10.2. The van der Waals surface area contributed by atoms with Crippen LogP contribution in [0.4, 0.5) is 0 Å². The van der Waals surface area contributed by atoms with Crippen molar-refractivity contribution in [3.05, 3.63) is 11.6 Å². The molecular weight excluding hydrogens is 234 g/mol. The molecule has 0 aromatic heterocycles. The quantitative estimate of drug-likeness (QED) is 0.692. The van der Waals surface area contributed by atoms with E-state index < -0.39 is 9.84 Å². The first-order valence-corrected chi connectivity index (χ1v) is 6.86. The zero-order valence-electron chi connectivity index (χ0n) is 8.45. The van der Waals surface area contributed by atoms with Crippen LogP contribution < -0.4 is 0 Å². The fourth-order valence-electron chi connectivity index (χ4n) is 1.72. The van der Waals surface area contributed by atoms with Crippen molar-refractivity contribution in [3.8, 4) is 12.3 Å². The molecule has 15 heavy (non-hydrogen) atoms. The predicted octanol–water partition coefficient (Wildman–Crippen LogP) is 0.861. The molecule has 0 radical (unpaired) electrons. The zero-order chi connectivity index (χ0) is 11.5. The summed E-state index contributed by atoms with van der Waals surface area (Å²) < 4.78 is 22.6. The Hall–Kier alpha value is -0.500. The Bertz CT molecular complexity index is 383. The number of terminal acetylenes is 1. The lowest BCUT2D eigenvalue weighted by molar-refractivity contribution is 0.263. The third-order valence-corrected chi connectivity index (χ3v) is 4.26. The molecule has 5 heteroatoms. The molecule has 0 spiro atoms. The molecule has 84 valence electrons. The Balaban J connectivity index is 2.66. The molecule has 1 aliphatic heterocycles. The van der Waals surface area contributed by atoms with Crippen LogP contribution in [0.2, 0.25) is 0 Å². The van der Waals surface area contributed by atoms with Crippen LogP contribution in [0.3, 0.4) is 0 Å². The predicted molar refractivity (Wildman–Crippen MR) is 62.5 cm³/mol. The highest BCUT2D eigenvalue weighted by Crippen LogP contribution is 2.18. The number of nitrogens with zero attached hydrogens (tertiary/aromatic N) is 1. The Morgan fingerprint density at radius 1 is 1.67 bits per heavy atom. The van der Waals surface area contributed by atoms with Gasteiger partial charge >= 0.3 is 0 Å². The molecule has 1 fully saturated rings. The number of sulfone groups is 1. The van der Waals surface area contributed by atoms with E-state index in [0.29, 0.717) is 24.5 Å². The summed E-state index contributed by atoms with van der Waals surface area (Å²) in [5.41, 5.74) is 0. The van der Waals surface area contributed by atoms with Crippen molar-refractivity contribution in [2.45, 2.75) is 12.5 Å². The van der Waals surface area contributed by atoms with E-state index >= 15 is 0 Å². The standard InChI is InChI=1S/C10H14ClNO2S/c1-3-5-12(7-9(2)11)10-4-6-15(13,14)8-10/h1,10H,2,4-8H2. The first-order valence-electron chi connectivity index (χ1n) is 4.66. The lowest BCUT2D eigenvalue weighted by Gasteiger charge is -2.25. The van der Waals surface area contributed by atoms with Gasteiger partial charge in [-0.05, 0) is 6.42 Å². The average Bonchev–Trinajstić information content (AvgIpc) is 2.44. The minimum absolute atomic E-state index is 0.0125. The van der Waals surface area contributed by atoms with Crippen LogP contribution in [0, 0.1) is 12.3 Å². The van der Waals surface area contributed by atoms with Crippen LogP contribution in [0.5, 0.6) is 0 Å². The fraction of sp³-hybridized carbons (Fsp3) is 0.600. The largest absolute Gasteiger partial charge is 0.283 e. The van der Waals surface area contributed by atoms with Crippen molar-refractivity contribution >= 4 is 21.4 Å². The zero-order valence-corrected chi connectivity index (χ0v) is 10.0. The molecule has 0 aromatic carbocycles. The van der Waals surface area contributed by atoms with Gasteiger partial charge < -0.3 is 0 Å². The summed E-state index contributed by atoms with van der Waals surface area (Å²) in [7, 11) is -2.88. The van der Waals surface area contributed by atoms with Gasteiger partial charge in [0, 0.05) is 17.6 Å². The highest BCUT2D eigenvalue weighted by atomic mass is 35.5.